The van der Waals surface area contributed by atoms with Gasteiger partial charge in [0.25, 0.3) is 0 Å². The molecule has 0 amide bonds. The summed E-state index contributed by atoms with van der Waals surface area (Å²) in [5.41, 5.74) is 0.460. The molecule has 0 spiro atoms. The summed E-state index contributed by atoms with van der Waals surface area (Å²) in [4.78, 5) is 0. The highest BCUT2D eigenvalue weighted by Gasteiger charge is 2.60. The first kappa shape index (κ1) is 14.6. The van der Waals surface area contributed by atoms with Gasteiger partial charge in [0.15, 0.2) is 5.11 Å². The van der Waals surface area contributed by atoms with E-state index in [0.29, 0.717) is 11.5 Å². The molecule has 2 saturated carbocycles. The lowest BCUT2D eigenvalue weighted by Gasteiger charge is -2.48. The summed E-state index contributed by atoms with van der Waals surface area (Å²) in [6.07, 6.45) is 6.79. The van der Waals surface area contributed by atoms with Crippen molar-refractivity contribution in [1.29, 1.82) is 0 Å². The van der Waals surface area contributed by atoms with E-state index < -0.39 is 0 Å². The predicted octanol–water partition coefficient (Wildman–Crippen LogP) is 2.84. The maximum Gasteiger partial charge on any atom is 0.166 e. The second-order valence-electron chi connectivity index (χ2n) is 7.60. The molecule has 0 aromatic heterocycles. The van der Waals surface area contributed by atoms with Gasteiger partial charge < -0.3 is 15.4 Å². The third-order valence-corrected chi connectivity index (χ3v) is 6.74. The van der Waals surface area contributed by atoms with E-state index in [0.717, 1.165) is 36.5 Å². The summed E-state index contributed by atoms with van der Waals surface area (Å²) >= 11 is 5.54. The van der Waals surface area contributed by atoms with Gasteiger partial charge in [-0.05, 0) is 68.5 Å². The maximum atomic E-state index is 5.64. The Morgan fingerprint density at radius 3 is 2.55 bits per heavy atom. The molecule has 1 heterocycles. The topological polar surface area (TPSA) is 33.3 Å². The number of ether oxygens (including phenoxy) is 1. The molecule has 0 aromatic carbocycles. The second-order valence-corrected chi connectivity index (χ2v) is 8.01. The molecule has 20 heavy (non-hydrogen) atoms. The van der Waals surface area contributed by atoms with Gasteiger partial charge in [-0.1, -0.05) is 13.8 Å². The Morgan fingerprint density at radius 2 is 1.95 bits per heavy atom. The van der Waals surface area contributed by atoms with Gasteiger partial charge in [-0.25, -0.2) is 0 Å². The van der Waals surface area contributed by atoms with E-state index in [2.05, 4.69) is 31.4 Å². The lowest BCUT2D eigenvalue weighted by atomic mass is 9.64. The second kappa shape index (κ2) is 5.13. The number of nitrogens with one attached hydrogen (secondary N) is 2. The van der Waals surface area contributed by atoms with Gasteiger partial charge in [0, 0.05) is 18.7 Å². The molecule has 3 fully saturated rings. The van der Waals surface area contributed by atoms with Crippen LogP contribution in [0.4, 0.5) is 0 Å². The Hall–Kier alpha value is -0.350. The van der Waals surface area contributed by atoms with Crippen molar-refractivity contribution in [2.45, 2.75) is 64.5 Å². The van der Waals surface area contributed by atoms with Crippen LogP contribution < -0.4 is 10.6 Å². The molecule has 1 saturated heterocycles. The van der Waals surface area contributed by atoms with Crippen LogP contribution >= 0.6 is 12.2 Å². The Balaban J connectivity index is 1.57. The summed E-state index contributed by atoms with van der Waals surface area (Å²) < 4.78 is 5.64. The van der Waals surface area contributed by atoms with E-state index in [1.165, 1.54) is 25.7 Å². The number of hydrogen-bond acceptors (Lipinski definition) is 2. The van der Waals surface area contributed by atoms with Crippen LogP contribution in [-0.4, -0.2) is 29.9 Å². The van der Waals surface area contributed by atoms with Crippen molar-refractivity contribution < 1.29 is 4.74 Å². The van der Waals surface area contributed by atoms with Crippen molar-refractivity contribution in [2.75, 3.05) is 13.2 Å². The Morgan fingerprint density at radius 1 is 1.20 bits per heavy atom. The molecule has 114 valence electrons. The Kier molecular flexibility index (Phi) is 3.74. The molecule has 4 atom stereocenters. The summed E-state index contributed by atoms with van der Waals surface area (Å²) in [6.45, 7) is 8.94. The highest BCUT2D eigenvalue weighted by atomic mass is 32.1. The van der Waals surface area contributed by atoms with Gasteiger partial charge in [0.1, 0.15) is 0 Å². The van der Waals surface area contributed by atoms with Crippen LogP contribution in [0.5, 0.6) is 0 Å². The minimum atomic E-state index is 0.135. The van der Waals surface area contributed by atoms with Crippen LogP contribution in [-0.2, 0) is 4.74 Å². The SMILES string of the molecule is CC1(C)[C@H]2CC[C@@H](C2)[C@@]1(C)NC(=S)NC[C@@H]1CCCO1. The average Bonchev–Trinajstić information content (AvgIpc) is 3.09. The van der Waals surface area contributed by atoms with Crippen LogP contribution in [0.1, 0.15) is 52.9 Å². The molecule has 0 aromatic rings. The molecule has 3 rings (SSSR count). The summed E-state index contributed by atoms with van der Waals surface area (Å²) in [5.74, 6) is 1.62. The van der Waals surface area contributed by atoms with Crippen molar-refractivity contribution in [3.05, 3.63) is 0 Å². The fraction of sp³-hybridized carbons (Fsp3) is 0.938. The van der Waals surface area contributed by atoms with Crippen molar-refractivity contribution >= 4 is 17.3 Å². The fourth-order valence-corrected chi connectivity index (χ4v) is 4.96. The molecule has 2 aliphatic carbocycles. The smallest absolute Gasteiger partial charge is 0.166 e. The zero-order chi connectivity index (χ0) is 14.4. The molecule has 3 nitrogen and oxygen atoms in total. The predicted molar refractivity (Wildman–Crippen MR) is 85.7 cm³/mol. The first-order valence-electron chi connectivity index (χ1n) is 8.11. The van der Waals surface area contributed by atoms with Crippen LogP contribution in [0.15, 0.2) is 0 Å². The van der Waals surface area contributed by atoms with Gasteiger partial charge in [-0.15, -0.1) is 0 Å². The lowest BCUT2D eigenvalue weighted by Crippen LogP contribution is -2.61. The van der Waals surface area contributed by atoms with Crippen LogP contribution in [0.3, 0.4) is 0 Å². The van der Waals surface area contributed by atoms with Gasteiger partial charge in [-0.3, -0.25) is 0 Å². The lowest BCUT2D eigenvalue weighted by molar-refractivity contribution is 0.0823. The zero-order valence-electron chi connectivity index (χ0n) is 13.0. The third kappa shape index (κ3) is 2.25. The highest BCUT2D eigenvalue weighted by Crippen LogP contribution is 2.61. The van der Waals surface area contributed by atoms with Gasteiger partial charge in [0.2, 0.25) is 0 Å². The van der Waals surface area contributed by atoms with Crippen LogP contribution in [0.2, 0.25) is 0 Å². The molecule has 1 aliphatic heterocycles. The number of hydrogen-bond donors (Lipinski definition) is 2. The normalized spacial score (nSPS) is 41.9. The fourth-order valence-electron chi connectivity index (χ4n) is 4.67. The van der Waals surface area contributed by atoms with Gasteiger partial charge in [0.05, 0.1) is 6.10 Å². The quantitative estimate of drug-likeness (QED) is 0.785. The Labute approximate surface area is 128 Å². The van der Waals surface area contributed by atoms with Crippen molar-refractivity contribution in [1.82, 2.24) is 10.6 Å². The van der Waals surface area contributed by atoms with E-state index in [1.54, 1.807) is 0 Å². The van der Waals surface area contributed by atoms with E-state index in [1.807, 2.05) is 0 Å². The summed E-state index contributed by atoms with van der Waals surface area (Å²) in [5, 5.41) is 7.84. The molecule has 0 unspecified atom stereocenters. The van der Waals surface area contributed by atoms with Crippen molar-refractivity contribution in [3.8, 4) is 0 Å². The average molecular weight is 296 g/mol. The first-order valence-corrected chi connectivity index (χ1v) is 8.52. The van der Waals surface area contributed by atoms with Crippen molar-refractivity contribution in [2.24, 2.45) is 17.3 Å². The van der Waals surface area contributed by atoms with Crippen molar-refractivity contribution in [3.63, 3.8) is 0 Å². The monoisotopic (exact) mass is 296 g/mol. The first-order chi connectivity index (χ1) is 9.43. The van der Waals surface area contributed by atoms with Crippen LogP contribution in [0.25, 0.3) is 0 Å². The number of rotatable bonds is 3. The largest absolute Gasteiger partial charge is 0.376 e. The molecule has 2 N–H and O–H groups in total. The molecular weight excluding hydrogens is 268 g/mol. The number of fused-ring (bicyclic) bond motifs is 2. The summed E-state index contributed by atoms with van der Waals surface area (Å²) in [7, 11) is 0. The molecule has 2 bridgehead atoms. The maximum absolute atomic E-state index is 5.64. The van der Waals surface area contributed by atoms with E-state index in [4.69, 9.17) is 17.0 Å². The Bertz CT molecular complexity index is 392. The standard InChI is InChI=1S/C16H28N2OS/c1-15(2)11-6-7-12(9-11)16(15,3)18-14(20)17-10-13-5-4-8-19-13/h11-13H,4-10H2,1-3H3,(H2,17,18,20)/t11-,12-,13-,16+/m0/s1. The van der Waals surface area contributed by atoms with E-state index >= 15 is 0 Å². The molecule has 3 aliphatic rings. The van der Waals surface area contributed by atoms with Crippen LogP contribution in [0, 0.1) is 17.3 Å². The summed E-state index contributed by atoms with van der Waals surface area (Å²) in [6, 6.07) is 0. The number of thiocarbonyl (C=S) groups is 1. The molecule has 0 radical (unpaired) electrons. The van der Waals surface area contributed by atoms with Gasteiger partial charge in [-0.2, -0.15) is 0 Å². The minimum absolute atomic E-state index is 0.135. The van der Waals surface area contributed by atoms with E-state index in [-0.39, 0.29) is 5.54 Å². The molecular formula is C16H28N2OS. The molecule has 4 heteroatoms. The highest BCUT2D eigenvalue weighted by molar-refractivity contribution is 7.80. The third-order valence-electron chi connectivity index (χ3n) is 6.50. The minimum Gasteiger partial charge on any atom is -0.376 e. The zero-order valence-corrected chi connectivity index (χ0v) is 13.8. The van der Waals surface area contributed by atoms with Gasteiger partial charge >= 0.3 is 0 Å². The van der Waals surface area contributed by atoms with E-state index in [9.17, 15) is 0 Å².